The van der Waals surface area contributed by atoms with E-state index in [0.29, 0.717) is 0 Å². The third-order valence-electron chi connectivity index (χ3n) is 1.63. The van der Waals surface area contributed by atoms with Gasteiger partial charge in [-0.3, -0.25) is 0 Å². The zero-order valence-corrected chi connectivity index (χ0v) is 7.65. The quantitative estimate of drug-likeness (QED) is 0.633. The molecule has 0 aliphatic heterocycles. The molecule has 0 fully saturated rings. The molecule has 0 spiro atoms. The van der Waals surface area contributed by atoms with Gasteiger partial charge in [0.2, 0.25) is 0 Å². The number of aromatic nitrogens is 2. The molecule has 0 saturated carbocycles. The maximum atomic E-state index is 4.09. The molecule has 1 heterocycles. The average Bonchev–Trinajstić information content (AvgIpc) is 2.50. The molecule has 0 aliphatic rings. The van der Waals surface area contributed by atoms with Crippen LogP contribution in [0.2, 0.25) is 0 Å². The van der Waals surface area contributed by atoms with Gasteiger partial charge in [-0.15, -0.1) is 0 Å². The van der Waals surface area contributed by atoms with E-state index < -0.39 is 0 Å². The standard InChI is InChI=1S/C8H13N2S/c1-2-3-4-5-6-8-7-9-11-10-8/h2-6H2,1H3. The van der Waals surface area contributed by atoms with Gasteiger partial charge in [0.25, 0.3) is 0 Å². The van der Waals surface area contributed by atoms with E-state index in [0.717, 1.165) is 12.1 Å². The summed E-state index contributed by atoms with van der Waals surface area (Å²) in [7, 11) is 0. The summed E-state index contributed by atoms with van der Waals surface area (Å²) in [6.07, 6.45) is 9.08. The second-order valence-electron chi connectivity index (χ2n) is 2.63. The summed E-state index contributed by atoms with van der Waals surface area (Å²) >= 11 is 1.25. The van der Waals surface area contributed by atoms with Crippen molar-refractivity contribution in [2.75, 3.05) is 0 Å². The van der Waals surface area contributed by atoms with E-state index in [1.165, 1.54) is 37.4 Å². The Morgan fingerprint density at radius 2 is 2.27 bits per heavy atom. The zero-order valence-electron chi connectivity index (χ0n) is 6.84. The van der Waals surface area contributed by atoms with Gasteiger partial charge >= 0.3 is 0 Å². The van der Waals surface area contributed by atoms with Crippen molar-refractivity contribution in [3.05, 3.63) is 11.9 Å². The normalized spacial score (nSPS) is 10.3. The molecule has 1 rings (SSSR count). The molecule has 3 heteroatoms. The smallest absolute Gasteiger partial charge is 0.129 e. The van der Waals surface area contributed by atoms with Crippen molar-refractivity contribution in [2.24, 2.45) is 0 Å². The highest BCUT2D eigenvalue weighted by Crippen LogP contribution is 2.04. The summed E-state index contributed by atoms with van der Waals surface area (Å²) in [6.45, 7) is 2.22. The van der Waals surface area contributed by atoms with Gasteiger partial charge in [0.05, 0.1) is 17.4 Å². The molecule has 0 bridgehead atoms. The summed E-state index contributed by atoms with van der Waals surface area (Å²) in [5, 5.41) is 0. The predicted molar refractivity (Wildman–Crippen MR) is 46.6 cm³/mol. The van der Waals surface area contributed by atoms with Crippen molar-refractivity contribution in [3.63, 3.8) is 0 Å². The minimum Gasteiger partial charge on any atom is -0.177 e. The average molecular weight is 169 g/mol. The van der Waals surface area contributed by atoms with Crippen LogP contribution < -0.4 is 0 Å². The number of unbranched alkanes of at least 4 members (excludes halogenated alkanes) is 3. The molecule has 0 aromatic carbocycles. The molecular formula is C8H13N2S. The summed E-state index contributed by atoms with van der Waals surface area (Å²) < 4.78 is 7.92. The molecule has 0 unspecified atom stereocenters. The molecule has 1 radical (unpaired) electrons. The summed E-state index contributed by atoms with van der Waals surface area (Å²) in [4.78, 5) is 0. The first-order valence-corrected chi connectivity index (χ1v) is 4.85. The van der Waals surface area contributed by atoms with E-state index in [4.69, 9.17) is 0 Å². The van der Waals surface area contributed by atoms with Gasteiger partial charge in [-0.2, -0.15) is 8.75 Å². The maximum Gasteiger partial charge on any atom is 0.129 e. The van der Waals surface area contributed by atoms with Crippen LogP contribution in [0, 0.1) is 6.20 Å². The monoisotopic (exact) mass is 169 g/mol. The molecule has 1 aromatic rings. The lowest BCUT2D eigenvalue weighted by molar-refractivity contribution is 0.662. The van der Waals surface area contributed by atoms with Gasteiger partial charge in [-0.25, -0.2) is 0 Å². The van der Waals surface area contributed by atoms with Crippen molar-refractivity contribution in [2.45, 2.75) is 39.0 Å². The Hall–Kier alpha value is -0.440. The van der Waals surface area contributed by atoms with Gasteiger partial charge in [0.15, 0.2) is 0 Å². The van der Waals surface area contributed by atoms with Crippen molar-refractivity contribution in [1.82, 2.24) is 8.75 Å². The summed E-state index contributed by atoms with van der Waals surface area (Å²) in [6, 6.07) is 0. The first kappa shape index (κ1) is 8.65. The number of rotatable bonds is 5. The Balaban J connectivity index is 2.04. The Labute approximate surface area is 72.0 Å². The van der Waals surface area contributed by atoms with E-state index >= 15 is 0 Å². The highest BCUT2D eigenvalue weighted by molar-refractivity contribution is 6.99. The van der Waals surface area contributed by atoms with Crippen LogP contribution in [0.25, 0.3) is 0 Å². The van der Waals surface area contributed by atoms with Crippen molar-refractivity contribution < 1.29 is 0 Å². The lowest BCUT2D eigenvalue weighted by Crippen LogP contribution is -1.84. The fourth-order valence-corrected chi connectivity index (χ4v) is 1.40. The molecule has 11 heavy (non-hydrogen) atoms. The third kappa shape index (κ3) is 3.46. The highest BCUT2D eigenvalue weighted by atomic mass is 32.1. The second kappa shape index (κ2) is 5.24. The first-order valence-electron chi connectivity index (χ1n) is 4.12. The fraction of sp³-hybridized carbons (Fsp3) is 0.750. The SMILES string of the molecule is CCCCCCc1[c]nsn1. The van der Waals surface area contributed by atoms with Crippen LogP contribution >= 0.6 is 11.7 Å². The van der Waals surface area contributed by atoms with Crippen LogP contribution in [0.4, 0.5) is 0 Å². The van der Waals surface area contributed by atoms with Crippen molar-refractivity contribution in [1.29, 1.82) is 0 Å². The highest BCUT2D eigenvalue weighted by Gasteiger charge is 1.95. The van der Waals surface area contributed by atoms with Gasteiger partial charge in [0, 0.05) is 0 Å². The van der Waals surface area contributed by atoms with Crippen LogP contribution in [0.1, 0.15) is 38.3 Å². The van der Waals surface area contributed by atoms with Gasteiger partial charge in [-0.05, 0) is 12.8 Å². The first-order chi connectivity index (χ1) is 5.43. The molecule has 0 aliphatic carbocycles. The molecule has 0 saturated heterocycles. The Bertz CT molecular complexity index is 172. The summed E-state index contributed by atoms with van der Waals surface area (Å²) in [5.41, 5.74) is 1.03. The molecule has 2 nitrogen and oxygen atoms in total. The minimum atomic E-state index is 1.03. The Morgan fingerprint density at radius 1 is 1.36 bits per heavy atom. The van der Waals surface area contributed by atoms with E-state index in [2.05, 4.69) is 21.9 Å². The van der Waals surface area contributed by atoms with Gasteiger partial charge in [0.1, 0.15) is 6.20 Å². The molecule has 0 N–H and O–H groups in total. The maximum absolute atomic E-state index is 4.09. The number of hydrogen-bond donors (Lipinski definition) is 0. The summed E-state index contributed by atoms with van der Waals surface area (Å²) in [5.74, 6) is 0. The number of hydrogen-bond acceptors (Lipinski definition) is 3. The van der Waals surface area contributed by atoms with Crippen LogP contribution in [0.15, 0.2) is 0 Å². The largest absolute Gasteiger partial charge is 0.177 e. The van der Waals surface area contributed by atoms with Crippen LogP contribution in [-0.4, -0.2) is 8.75 Å². The lowest BCUT2D eigenvalue weighted by atomic mass is 10.1. The molecule has 61 valence electrons. The van der Waals surface area contributed by atoms with Crippen LogP contribution in [-0.2, 0) is 6.42 Å². The topological polar surface area (TPSA) is 25.8 Å². The third-order valence-corrected chi connectivity index (χ3v) is 2.11. The number of aryl methyl sites for hydroxylation is 1. The van der Waals surface area contributed by atoms with E-state index in [1.807, 2.05) is 0 Å². The van der Waals surface area contributed by atoms with Crippen LogP contribution in [0.5, 0.6) is 0 Å². The van der Waals surface area contributed by atoms with Crippen molar-refractivity contribution in [3.8, 4) is 0 Å². The molecule has 0 amide bonds. The van der Waals surface area contributed by atoms with Gasteiger partial charge < -0.3 is 0 Å². The molecule has 1 aromatic heterocycles. The molecule has 0 atom stereocenters. The predicted octanol–water partition coefficient (Wildman–Crippen LogP) is 2.46. The van der Waals surface area contributed by atoms with Crippen molar-refractivity contribution >= 4 is 11.7 Å². The molecular weight excluding hydrogens is 156 g/mol. The number of nitrogens with zero attached hydrogens (tertiary/aromatic N) is 2. The van der Waals surface area contributed by atoms with Crippen LogP contribution in [0.3, 0.4) is 0 Å². The van der Waals surface area contributed by atoms with E-state index in [-0.39, 0.29) is 0 Å². The zero-order chi connectivity index (χ0) is 7.94. The van der Waals surface area contributed by atoms with E-state index in [9.17, 15) is 0 Å². The van der Waals surface area contributed by atoms with Gasteiger partial charge in [-0.1, -0.05) is 26.2 Å². The Morgan fingerprint density at radius 3 is 2.91 bits per heavy atom. The van der Waals surface area contributed by atoms with E-state index in [1.54, 1.807) is 0 Å². The fourth-order valence-electron chi connectivity index (χ4n) is 0.984. The minimum absolute atomic E-state index is 1.03. The lowest BCUT2D eigenvalue weighted by Gasteiger charge is -1.94. The Kier molecular flexibility index (Phi) is 4.12. The second-order valence-corrected chi connectivity index (χ2v) is 3.16.